The highest BCUT2D eigenvalue weighted by atomic mass is 35.5. The zero-order chi connectivity index (χ0) is 16.4. The molecule has 0 saturated carbocycles. The minimum absolute atomic E-state index is 0.614. The average Bonchev–Trinajstić information content (AvgIpc) is 3.03. The fourth-order valence-electron chi connectivity index (χ4n) is 2.44. The molecule has 0 radical (unpaired) electrons. The Morgan fingerprint density at radius 3 is 2.75 bits per heavy atom. The fraction of sp³-hybridized carbons (Fsp3) is 0.118. The fourth-order valence-corrected chi connectivity index (χ4v) is 3.49. The quantitative estimate of drug-likeness (QED) is 0.663. The molecular formula is C17H14ClN5S. The summed E-state index contributed by atoms with van der Waals surface area (Å²) in [5.41, 5.74) is 2.24. The van der Waals surface area contributed by atoms with Crippen LogP contribution in [0.3, 0.4) is 0 Å². The standard InChI is InChI=1S/C17H14ClN5S/c18-14-7-4-8-15(9-14)22-10-16-20-21-17(23(16)19-12-22)24-11-13-5-2-1-3-6-13/h1-9,12H,10-11H2. The summed E-state index contributed by atoms with van der Waals surface area (Å²) in [6, 6.07) is 18.0. The van der Waals surface area contributed by atoms with Crippen molar-refractivity contribution >= 4 is 35.4 Å². The van der Waals surface area contributed by atoms with E-state index >= 15 is 0 Å². The van der Waals surface area contributed by atoms with Gasteiger partial charge in [0, 0.05) is 16.5 Å². The van der Waals surface area contributed by atoms with E-state index in [1.54, 1.807) is 22.8 Å². The third kappa shape index (κ3) is 3.16. The molecule has 2 aromatic carbocycles. The van der Waals surface area contributed by atoms with Gasteiger partial charge < -0.3 is 4.90 Å². The lowest BCUT2D eigenvalue weighted by molar-refractivity contribution is 0.687. The Hall–Kier alpha value is -2.31. The van der Waals surface area contributed by atoms with Crippen LogP contribution in [0, 0.1) is 0 Å². The Bertz CT molecular complexity index is 878. The molecule has 0 amide bonds. The number of hydrogen-bond acceptors (Lipinski definition) is 5. The lowest BCUT2D eigenvalue weighted by Crippen LogP contribution is -2.27. The Labute approximate surface area is 149 Å². The summed E-state index contributed by atoms with van der Waals surface area (Å²) in [6.45, 7) is 0.614. The summed E-state index contributed by atoms with van der Waals surface area (Å²) in [7, 11) is 0. The number of nitrogens with zero attached hydrogens (tertiary/aromatic N) is 5. The predicted molar refractivity (Wildman–Crippen MR) is 97.5 cm³/mol. The second kappa shape index (κ2) is 6.67. The summed E-state index contributed by atoms with van der Waals surface area (Å²) in [5.74, 6) is 1.65. The first-order valence-corrected chi connectivity index (χ1v) is 8.84. The maximum absolute atomic E-state index is 6.06. The zero-order valence-electron chi connectivity index (χ0n) is 12.7. The van der Waals surface area contributed by atoms with Gasteiger partial charge in [-0.15, -0.1) is 10.2 Å². The van der Waals surface area contributed by atoms with E-state index in [1.165, 1.54) is 5.56 Å². The van der Waals surface area contributed by atoms with Gasteiger partial charge in [-0.25, -0.2) is 0 Å². The van der Waals surface area contributed by atoms with Crippen molar-refractivity contribution in [3.63, 3.8) is 0 Å². The van der Waals surface area contributed by atoms with Crippen LogP contribution in [0.2, 0.25) is 5.02 Å². The molecule has 7 heteroatoms. The molecule has 0 aliphatic carbocycles. The van der Waals surface area contributed by atoms with Crippen molar-refractivity contribution in [2.75, 3.05) is 4.90 Å². The third-order valence-electron chi connectivity index (χ3n) is 3.65. The Morgan fingerprint density at radius 2 is 1.92 bits per heavy atom. The molecule has 120 valence electrons. The second-order valence-corrected chi connectivity index (χ2v) is 6.70. The van der Waals surface area contributed by atoms with Gasteiger partial charge in [-0.1, -0.05) is 59.8 Å². The van der Waals surface area contributed by atoms with E-state index < -0.39 is 0 Å². The topological polar surface area (TPSA) is 46.3 Å². The van der Waals surface area contributed by atoms with E-state index in [-0.39, 0.29) is 0 Å². The van der Waals surface area contributed by atoms with E-state index in [0.717, 1.165) is 22.4 Å². The van der Waals surface area contributed by atoms with Crippen molar-refractivity contribution in [2.45, 2.75) is 17.5 Å². The number of thioether (sulfide) groups is 1. The highest BCUT2D eigenvalue weighted by Gasteiger charge is 2.19. The summed E-state index contributed by atoms with van der Waals surface area (Å²) in [6.07, 6.45) is 1.79. The van der Waals surface area contributed by atoms with Crippen LogP contribution in [-0.4, -0.2) is 21.2 Å². The van der Waals surface area contributed by atoms with Gasteiger partial charge in [-0.05, 0) is 23.8 Å². The van der Waals surface area contributed by atoms with Crippen molar-refractivity contribution in [1.29, 1.82) is 0 Å². The predicted octanol–water partition coefficient (Wildman–Crippen LogP) is 4.04. The normalized spacial score (nSPS) is 13.1. The van der Waals surface area contributed by atoms with E-state index in [1.807, 2.05) is 47.4 Å². The average molecular weight is 356 g/mol. The molecule has 1 aromatic heterocycles. The number of benzene rings is 2. The van der Waals surface area contributed by atoms with E-state index in [0.29, 0.717) is 11.6 Å². The molecule has 0 spiro atoms. The maximum Gasteiger partial charge on any atom is 0.212 e. The first kappa shape index (κ1) is 15.2. The molecule has 4 rings (SSSR count). The number of fused-ring (bicyclic) bond motifs is 1. The van der Waals surface area contributed by atoms with Crippen molar-refractivity contribution in [3.05, 3.63) is 71.0 Å². The van der Waals surface area contributed by atoms with E-state index in [4.69, 9.17) is 11.6 Å². The molecule has 1 aliphatic heterocycles. The van der Waals surface area contributed by atoms with Gasteiger partial charge in [-0.2, -0.15) is 9.78 Å². The lowest BCUT2D eigenvalue weighted by Gasteiger charge is -2.22. The Morgan fingerprint density at radius 1 is 1.04 bits per heavy atom. The van der Waals surface area contributed by atoms with Crippen LogP contribution in [0.25, 0.3) is 0 Å². The van der Waals surface area contributed by atoms with Crippen LogP contribution < -0.4 is 4.90 Å². The molecule has 1 aliphatic rings. The van der Waals surface area contributed by atoms with Gasteiger partial charge in [0.1, 0.15) is 6.34 Å². The lowest BCUT2D eigenvalue weighted by atomic mass is 10.2. The van der Waals surface area contributed by atoms with E-state index in [2.05, 4.69) is 27.4 Å². The molecule has 0 atom stereocenters. The molecule has 5 nitrogen and oxygen atoms in total. The Kier molecular flexibility index (Phi) is 4.23. The summed E-state index contributed by atoms with van der Waals surface area (Å²) >= 11 is 7.69. The molecule has 0 saturated heterocycles. The SMILES string of the molecule is Clc1cccc(N2C=Nn3c(nnc3SCc3ccccc3)C2)c1. The Balaban J connectivity index is 1.50. The number of rotatable bonds is 4. The highest BCUT2D eigenvalue weighted by molar-refractivity contribution is 7.98. The van der Waals surface area contributed by atoms with Crippen molar-refractivity contribution in [3.8, 4) is 0 Å². The van der Waals surface area contributed by atoms with Crippen LogP contribution >= 0.6 is 23.4 Å². The van der Waals surface area contributed by atoms with Crippen LogP contribution in [-0.2, 0) is 12.3 Å². The number of anilines is 1. The third-order valence-corrected chi connectivity index (χ3v) is 4.87. The molecule has 3 aromatic rings. The van der Waals surface area contributed by atoms with Crippen LogP contribution in [0.15, 0.2) is 64.9 Å². The first-order chi connectivity index (χ1) is 11.8. The summed E-state index contributed by atoms with van der Waals surface area (Å²) in [4.78, 5) is 2.00. The van der Waals surface area contributed by atoms with Gasteiger partial charge in [-0.3, -0.25) is 0 Å². The van der Waals surface area contributed by atoms with Gasteiger partial charge >= 0.3 is 0 Å². The molecule has 0 fully saturated rings. The van der Waals surface area contributed by atoms with Gasteiger partial charge in [0.05, 0.1) is 6.54 Å². The van der Waals surface area contributed by atoms with Gasteiger partial charge in [0.15, 0.2) is 5.82 Å². The maximum atomic E-state index is 6.06. The van der Waals surface area contributed by atoms with Crippen molar-refractivity contribution < 1.29 is 0 Å². The van der Waals surface area contributed by atoms with E-state index in [9.17, 15) is 0 Å². The number of aromatic nitrogens is 3. The molecule has 24 heavy (non-hydrogen) atoms. The zero-order valence-corrected chi connectivity index (χ0v) is 14.3. The minimum Gasteiger partial charge on any atom is -0.323 e. The smallest absolute Gasteiger partial charge is 0.212 e. The number of hydrogen-bond donors (Lipinski definition) is 0. The van der Waals surface area contributed by atoms with Crippen molar-refractivity contribution in [2.24, 2.45) is 5.10 Å². The number of halogens is 1. The molecule has 0 bridgehead atoms. The molecular weight excluding hydrogens is 342 g/mol. The molecule has 0 N–H and O–H groups in total. The summed E-state index contributed by atoms with van der Waals surface area (Å²) in [5, 5.41) is 14.5. The summed E-state index contributed by atoms with van der Waals surface area (Å²) < 4.78 is 1.80. The van der Waals surface area contributed by atoms with Crippen LogP contribution in [0.4, 0.5) is 5.69 Å². The minimum atomic E-state index is 0.614. The molecule has 0 unspecified atom stereocenters. The monoisotopic (exact) mass is 355 g/mol. The first-order valence-electron chi connectivity index (χ1n) is 7.47. The van der Waals surface area contributed by atoms with Gasteiger partial charge in [0.25, 0.3) is 0 Å². The van der Waals surface area contributed by atoms with Gasteiger partial charge in [0.2, 0.25) is 5.16 Å². The highest BCUT2D eigenvalue weighted by Crippen LogP contribution is 2.26. The van der Waals surface area contributed by atoms with Crippen molar-refractivity contribution in [1.82, 2.24) is 14.9 Å². The second-order valence-electron chi connectivity index (χ2n) is 5.32. The van der Waals surface area contributed by atoms with Crippen LogP contribution in [0.1, 0.15) is 11.4 Å². The molecule has 2 heterocycles. The largest absolute Gasteiger partial charge is 0.323 e. The van der Waals surface area contributed by atoms with Crippen LogP contribution in [0.5, 0.6) is 0 Å².